The van der Waals surface area contributed by atoms with Gasteiger partial charge in [-0.3, -0.25) is 4.79 Å². The number of nitrogens with zero attached hydrogens (tertiary/aromatic N) is 2. The summed E-state index contributed by atoms with van der Waals surface area (Å²) in [6, 6.07) is 13.5. The van der Waals surface area contributed by atoms with Crippen molar-refractivity contribution in [3.63, 3.8) is 0 Å². The maximum absolute atomic E-state index is 13.0. The Kier molecular flexibility index (Phi) is 7.26. The van der Waals surface area contributed by atoms with E-state index in [1.54, 1.807) is 28.8 Å². The van der Waals surface area contributed by atoms with Crippen LogP contribution in [0.5, 0.6) is 0 Å². The third-order valence-electron chi connectivity index (χ3n) is 5.87. The van der Waals surface area contributed by atoms with E-state index in [0.717, 1.165) is 16.7 Å². The van der Waals surface area contributed by atoms with E-state index in [-0.39, 0.29) is 11.8 Å². The summed E-state index contributed by atoms with van der Waals surface area (Å²) in [4.78, 5) is 16.2. The molecule has 5 nitrogen and oxygen atoms in total. The maximum Gasteiger partial charge on any atom is 0.243 e. The van der Waals surface area contributed by atoms with Crippen molar-refractivity contribution >= 4 is 27.7 Å². The van der Waals surface area contributed by atoms with Crippen molar-refractivity contribution in [1.82, 2.24) is 9.21 Å². The number of sulfonamides is 1. The van der Waals surface area contributed by atoms with Gasteiger partial charge < -0.3 is 4.90 Å². The highest BCUT2D eigenvalue weighted by Crippen LogP contribution is 2.26. The zero-order chi connectivity index (χ0) is 21.9. The number of amides is 1. The SMILES string of the molecule is CSc1ccc(CN(C)C(=O)C2CCN(S(=O)(=O)c3ccc(C)c(C)c3)CC2)cc1. The van der Waals surface area contributed by atoms with E-state index < -0.39 is 10.0 Å². The molecule has 0 saturated carbocycles. The van der Waals surface area contributed by atoms with E-state index in [2.05, 4.69) is 12.1 Å². The zero-order valence-electron chi connectivity index (χ0n) is 18.1. The summed E-state index contributed by atoms with van der Waals surface area (Å²) in [5.41, 5.74) is 3.14. The fraction of sp³-hybridized carbons (Fsp3) is 0.435. The number of piperidine rings is 1. The second-order valence-electron chi connectivity index (χ2n) is 7.97. The first-order chi connectivity index (χ1) is 14.2. The quantitative estimate of drug-likeness (QED) is 0.627. The maximum atomic E-state index is 13.0. The van der Waals surface area contributed by atoms with E-state index in [4.69, 9.17) is 0 Å². The van der Waals surface area contributed by atoms with E-state index in [9.17, 15) is 13.2 Å². The molecule has 1 aliphatic heterocycles. The predicted molar refractivity (Wildman–Crippen MR) is 122 cm³/mol. The molecule has 0 aromatic heterocycles. The summed E-state index contributed by atoms with van der Waals surface area (Å²) in [7, 11) is -1.70. The minimum atomic E-state index is -3.52. The van der Waals surface area contributed by atoms with Crippen molar-refractivity contribution in [2.75, 3.05) is 26.4 Å². The largest absolute Gasteiger partial charge is 0.341 e. The summed E-state index contributed by atoms with van der Waals surface area (Å²) >= 11 is 1.69. The van der Waals surface area contributed by atoms with Crippen LogP contribution in [0, 0.1) is 19.8 Å². The van der Waals surface area contributed by atoms with Gasteiger partial charge in [-0.05, 0) is 73.9 Å². The van der Waals surface area contributed by atoms with Crippen LogP contribution >= 0.6 is 11.8 Å². The second-order valence-corrected chi connectivity index (χ2v) is 10.8. The lowest BCUT2D eigenvalue weighted by molar-refractivity contribution is -0.135. The van der Waals surface area contributed by atoms with Gasteiger partial charge in [0.1, 0.15) is 0 Å². The summed E-state index contributed by atoms with van der Waals surface area (Å²) in [6.45, 7) is 5.21. The Balaban J connectivity index is 1.59. The number of benzene rings is 2. The molecular formula is C23H30N2O3S2. The van der Waals surface area contributed by atoms with Crippen LogP contribution in [0.3, 0.4) is 0 Å². The molecule has 1 heterocycles. The van der Waals surface area contributed by atoms with Crippen molar-refractivity contribution in [2.45, 2.75) is 43.0 Å². The minimum Gasteiger partial charge on any atom is -0.341 e. The molecule has 3 rings (SSSR count). The van der Waals surface area contributed by atoms with Crippen molar-refractivity contribution < 1.29 is 13.2 Å². The van der Waals surface area contributed by atoms with Gasteiger partial charge in [-0.1, -0.05) is 18.2 Å². The first-order valence-corrected chi connectivity index (χ1v) is 12.8. The van der Waals surface area contributed by atoms with E-state index >= 15 is 0 Å². The van der Waals surface area contributed by atoms with Crippen LogP contribution in [0.4, 0.5) is 0 Å². The molecule has 2 aromatic carbocycles. The van der Waals surface area contributed by atoms with Crippen LogP contribution in [-0.2, 0) is 21.4 Å². The van der Waals surface area contributed by atoms with Gasteiger partial charge >= 0.3 is 0 Å². The smallest absolute Gasteiger partial charge is 0.243 e. The van der Waals surface area contributed by atoms with E-state index in [0.29, 0.717) is 37.4 Å². The standard InChI is InChI=1S/C23H30N2O3S2/c1-17-5-10-22(15-18(17)2)30(27,28)25-13-11-20(12-14-25)23(26)24(3)16-19-6-8-21(29-4)9-7-19/h5-10,15,20H,11-14,16H2,1-4H3. The highest BCUT2D eigenvalue weighted by atomic mass is 32.2. The average Bonchev–Trinajstić information content (AvgIpc) is 2.75. The Hall–Kier alpha value is -1.83. The molecular weight excluding hydrogens is 416 g/mol. The highest BCUT2D eigenvalue weighted by molar-refractivity contribution is 7.98. The van der Waals surface area contributed by atoms with Crippen molar-refractivity contribution in [1.29, 1.82) is 0 Å². The third kappa shape index (κ3) is 5.07. The van der Waals surface area contributed by atoms with Crippen molar-refractivity contribution in [2.24, 2.45) is 5.92 Å². The topological polar surface area (TPSA) is 57.7 Å². The fourth-order valence-corrected chi connectivity index (χ4v) is 5.72. The van der Waals surface area contributed by atoms with Gasteiger partial charge in [0.25, 0.3) is 0 Å². The van der Waals surface area contributed by atoms with Crippen LogP contribution in [0.1, 0.15) is 29.5 Å². The first-order valence-electron chi connectivity index (χ1n) is 10.2. The van der Waals surface area contributed by atoms with Crippen LogP contribution in [0.2, 0.25) is 0 Å². The molecule has 30 heavy (non-hydrogen) atoms. The highest BCUT2D eigenvalue weighted by Gasteiger charge is 2.33. The molecule has 0 aliphatic carbocycles. The molecule has 1 amide bonds. The molecule has 0 bridgehead atoms. The normalized spacial score (nSPS) is 15.9. The molecule has 0 spiro atoms. The van der Waals surface area contributed by atoms with Crippen LogP contribution in [-0.4, -0.2) is 49.9 Å². The molecule has 162 valence electrons. The molecule has 1 fully saturated rings. The molecule has 0 radical (unpaired) electrons. The molecule has 2 aromatic rings. The Bertz CT molecular complexity index is 996. The molecule has 0 N–H and O–H groups in total. The summed E-state index contributed by atoms with van der Waals surface area (Å²) in [5, 5.41) is 0. The molecule has 1 aliphatic rings. The minimum absolute atomic E-state index is 0.0900. The zero-order valence-corrected chi connectivity index (χ0v) is 19.7. The molecule has 0 atom stereocenters. The molecule has 1 saturated heterocycles. The Morgan fingerprint density at radius 1 is 1.07 bits per heavy atom. The number of hydrogen-bond acceptors (Lipinski definition) is 4. The number of hydrogen-bond donors (Lipinski definition) is 0. The first kappa shape index (κ1) is 22.8. The lowest BCUT2D eigenvalue weighted by Gasteiger charge is -2.32. The third-order valence-corrected chi connectivity index (χ3v) is 8.51. The number of aryl methyl sites for hydroxylation is 2. The van der Waals surface area contributed by atoms with Crippen molar-refractivity contribution in [3.05, 3.63) is 59.2 Å². The predicted octanol–water partition coefficient (Wildman–Crippen LogP) is 4.08. The Morgan fingerprint density at radius 3 is 2.27 bits per heavy atom. The molecule has 7 heteroatoms. The summed E-state index contributed by atoms with van der Waals surface area (Å²) in [5.74, 6) is -0.0427. The van der Waals surface area contributed by atoms with Gasteiger partial charge in [-0.25, -0.2) is 8.42 Å². The van der Waals surface area contributed by atoms with Gasteiger partial charge in [0.15, 0.2) is 0 Å². The van der Waals surface area contributed by atoms with Crippen LogP contribution in [0.15, 0.2) is 52.3 Å². The summed E-state index contributed by atoms with van der Waals surface area (Å²) in [6.07, 6.45) is 3.15. The van der Waals surface area contributed by atoms with Crippen molar-refractivity contribution in [3.8, 4) is 0 Å². The fourth-order valence-electron chi connectivity index (χ4n) is 3.76. The Morgan fingerprint density at radius 2 is 1.70 bits per heavy atom. The number of carbonyl (C=O) groups is 1. The number of carbonyl (C=O) groups excluding carboxylic acids is 1. The molecule has 0 unspecified atom stereocenters. The average molecular weight is 447 g/mol. The van der Waals surface area contributed by atoms with Crippen LogP contribution < -0.4 is 0 Å². The van der Waals surface area contributed by atoms with Gasteiger partial charge in [-0.15, -0.1) is 11.8 Å². The van der Waals surface area contributed by atoms with Gasteiger partial charge in [0.05, 0.1) is 4.90 Å². The number of rotatable bonds is 6. The van der Waals surface area contributed by atoms with E-state index in [1.807, 2.05) is 45.4 Å². The number of thioether (sulfide) groups is 1. The monoisotopic (exact) mass is 446 g/mol. The lowest BCUT2D eigenvalue weighted by atomic mass is 9.96. The Labute approximate surface area is 184 Å². The van der Waals surface area contributed by atoms with Gasteiger partial charge in [-0.2, -0.15) is 4.31 Å². The van der Waals surface area contributed by atoms with Crippen LogP contribution in [0.25, 0.3) is 0 Å². The summed E-state index contributed by atoms with van der Waals surface area (Å²) < 4.78 is 27.5. The second kappa shape index (κ2) is 9.54. The van der Waals surface area contributed by atoms with Gasteiger partial charge in [0.2, 0.25) is 15.9 Å². The van der Waals surface area contributed by atoms with Gasteiger partial charge in [0, 0.05) is 37.5 Å². The van der Waals surface area contributed by atoms with E-state index in [1.165, 1.54) is 9.20 Å². The lowest BCUT2D eigenvalue weighted by Crippen LogP contribution is -2.43.